The largest absolute Gasteiger partial charge is 0.497 e. The third-order valence-electron chi connectivity index (χ3n) is 6.12. The molecule has 2 heterocycles. The van der Waals surface area contributed by atoms with Gasteiger partial charge in [-0.25, -0.2) is 13.8 Å². The van der Waals surface area contributed by atoms with E-state index in [0.29, 0.717) is 32.7 Å². The smallest absolute Gasteiger partial charge is 0.250 e. The van der Waals surface area contributed by atoms with Gasteiger partial charge in [0.25, 0.3) is 5.91 Å². The molecule has 0 saturated heterocycles. The van der Waals surface area contributed by atoms with E-state index < -0.39 is 29.3 Å². The van der Waals surface area contributed by atoms with Crippen LogP contribution in [0, 0.1) is 0 Å². The average Bonchev–Trinajstić information content (AvgIpc) is 3.41. The molecule has 1 aliphatic rings. The normalized spacial score (nSPS) is 19.0. The van der Waals surface area contributed by atoms with Gasteiger partial charge < -0.3 is 19.9 Å². The second-order valence-electron chi connectivity index (χ2n) is 8.59. The molecule has 39 heavy (non-hydrogen) atoms. The summed E-state index contributed by atoms with van der Waals surface area (Å²) in [5.74, 6) is -3.89. The number of pyridine rings is 1. The fraction of sp³-hybridized carbons (Fsp3) is 0.179. The molecular formula is C28H22ClF2N3O4S. The van der Waals surface area contributed by atoms with Crippen molar-refractivity contribution in [2.24, 2.45) is 5.73 Å². The summed E-state index contributed by atoms with van der Waals surface area (Å²) in [6.45, 7) is -0.412. The predicted octanol–water partition coefficient (Wildman–Crippen LogP) is 6.07. The van der Waals surface area contributed by atoms with Crippen LogP contribution in [0.15, 0.2) is 83.5 Å². The van der Waals surface area contributed by atoms with Crippen molar-refractivity contribution in [3.63, 3.8) is 0 Å². The lowest BCUT2D eigenvalue weighted by Gasteiger charge is -2.35. The molecule has 7 nitrogen and oxygen atoms in total. The standard InChI is InChI=1S/C28H22ClF2N3O4S/c1-36-18-9-7-16-6-8-17(33-22(16)12-18)13-37-28(11-10-21(30)25(26(28)31)27(32)35)38-14-24-34-23(15-39-24)19-4-2-3-5-20(19)29/h2-12,15,26H,13-14H2,1H3,(H2,32,35). The lowest BCUT2D eigenvalue weighted by Crippen LogP contribution is -2.48. The number of aromatic nitrogens is 2. The first-order valence-electron chi connectivity index (χ1n) is 11.7. The summed E-state index contributed by atoms with van der Waals surface area (Å²) in [7, 11) is 1.55. The second kappa shape index (κ2) is 11.2. The highest BCUT2D eigenvalue weighted by atomic mass is 35.5. The van der Waals surface area contributed by atoms with E-state index >= 15 is 4.39 Å². The minimum atomic E-state index is -2.34. The molecule has 2 atom stereocenters. The molecule has 11 heteroatoms. The van der Waals surface area contributed by atoms with E-state index in [-0.39, 0.29) is 13.2 Å². The Balaban J connectivity index is 1.41. The first kappa shape index (κ1) is 26.9. The number of carbonyl (C=O) groups excluding carboxylic acids is 1. The van der Waals surface area contributed by atoms with Gasteiger partial charge in [0, 0.05) is 27.4 Å². The van der Waals surface area contributed by atoms with Crippen LogP contribution in [0.5, 0.6) is 5.75 Å². The summed E-state index contributed by atoms with van der Waals surface area (Å²) in [4.78, 5) is 21.0. The summed E-state index contributed by atoms with van der Waals surface area (Å²) < 4.78 is 47.2. The van der Waals surface area contributed by atoms with Crippen molar-refractivity contribution in [3.05, 3.63) is 99.3 Å². The zero-order chi connectivity index (χ0) is 27.6. The SMILES string of the molecule is COc1ccc2ccc(COC3(OCc4nc(-c5ccccc5Cl)cs4)C=CC(F)=C(C(N)=O)C3F)nc2c1. The molecule has 4 aromatic rings. The Morgan fingerprint density at radius 2 is 1.90 bits per heavy atom. The van der Waals surface area contributed by atoms with Gasteiger partial charge in [0.05, 0.1) is 36.2 Å². The fourth-order valence-corrected chi connectivity index (χ4v) is 5.03. The zero-order valence-electron chi connectivity index (χ0n) is 20.6. The van der Waals surface area contributed by atoms with Crippen LogP contribution < -0.4 is 10.5 Å². The molecule has 0 fully saturated rings. The molecule has 1 aliphatic carbocycles. The van der Waals surface area contributed by atoms with Crippen molar-refractivity contribution in [1.29, 1.82) is 0 Å². The Hall–Kier alpha value is -3.70. The molecule has 0 bridgehead atoms. The Bertz CT molecular complexity index is 1610. The van der Waals surface area contributed by atoms with E-state index in [4.69, 9.17) is 31.5 Å². The van der Waals surface area contributed by atoms with Gasteiger partial charge in [-0.15, -0.1) is 11.3 Å². The van der Waals surface area contributed by atoms with Gasteiger partial charge in [0.15, 0.2) is 6.17 Å². The van der Waals surface area contributed by atoms with Crippen LogP contribution in [0.2, 0.25) is 5.02 Å². The van der Waals surface area contributed by atoms with Crippen molar-refractivity contribution in [2.45, 2.75) is 25.2 Å². The van der Waals surface area contributed by atoms with Crippen LogP contribution in [0.25, 0.3) is 22.2 Å². The number of amides is 1. The molecule has 2 aromatic heterocycles. The van der Waals surface area contributed by atoms with Gasteiger partial charge in [-0.05, 0) is 36.4 Å². The summed E-state index contributed by atoms with van der Waals surface area (Å²) in [6.07, 6.45) is -0.346. The number of halogens is 3. The fourth-order valence-electron chi connectivity index (χ4n) is 4.09. The molecule has 1 amide bonds. The molecule has 2 N–H and O–H groups in total. The maximum Gasteiger partial charge on any atom is 0.250 e. The van der Waals surface area contributed by atoms with Crippen molar-refractivity contribution < 1.29 is 27.8 Å². The first-order valence-corrected chi connectivity index (χ1v) is 13.0. The monoisotopic (exact) mass is 569 g/mol. The lowest BCUT2D eigenvalue weighted by atomic mass is 9.95. The van der Waals surface area contributed by atoms with Gasteiger partial charge in [-0.1, -0.05) is 35.9 Å². The summed E-state index contributed by atoms with van der Waals surface area (Å²) in [6, 6.07) is 16.2. The second-order valence-corrected chi connectivity index (χ2v) is 9.94. The highest BCUT2D eigenvalue weighted by molar-refractivity contribution is 7.09. The minimum absolute atomic E-state index is 0.199. The molecule has 0 aliphatic heterocycles. The number of hydrogen-bond acceptors (Lipinski definition) is 7. The van der Waals surface area contributed by atoms with E-state index in [0.717, 1.165) is 23.1 Å². The average molecular weight is 570 g/mol. The number of nitrogens with two attached hydrogens (primary N) is 1. The number of alkyl halides is 1. The number of nitrogens with zero attached hydrogens (tertiary/aromatic N) is 2. The zero-order valence-corrected chi connectivity index (χ0v) is 22.1. The number of rotatable bonds is 9. The van der Waals surface area contributed by atoms with Crippen LogP contribution in [-0.2, 0) is 27.5 Å². The number of fused-ring (bicyclic) bond motifs is 1. The predicted molar refractivity (Wildman–Crippen MR) is 145 cm³/mol. The number of allylic oxidation sites excluding steroid dienone is 2. The lowest BCUT2D eigenvalue weighted by molar-refractivity contribution is -0.244. The van der Waals surface area contributed by atoms with E-state index in [1.54, 1.807) is 30.7 Å². The van der Waals surface area contributed by atoms with Gasteiger partial charge in [0.1, 0.15) is 23.2 Å². The highest BCUT2D eigenvalue weighted by Gasteiger charge is 2.47. The van der Waals surface area contributed by atoms with Crippen LogP contribution in [0.1, 0.15) is 10.7 Å². The molecule has 5 rings (SSSR count). The molecule has 2 unspecified atom stereocenters. The number of carbonyl (C=O) groups is 1. The quantitative estimate of drug-likeness (QED) is 0.246. The minimum Gasteiger partial charge on any atom is -0.497 e. The van der Waals surface area contributed by atoms with E-state index in [1.165, 1.54) is 11.3 Å². The van der Waals surface area contributed by atoms with E-state index in [9.17, 15) is 9.18 Å². The molecule has 200 valence electrons. The number of primary amides is 1. The molecular weight excluding hydrogens is 548 g/mol. The number of thiazole rings is 1. The Kier molecular flexibility index (Phi) is 7.72. The van der Waals surface area contributed by atoms with Crippen LogP contribution in [0.3, 0.4) is 0 Å². The maximum atomic E-state index is 15.8. The van der Waals surface area contributed by atoms with E-state index in [2.05, 4.69) is 9.97 Å². The number of methoxy groups -OCH3 is 1. The first-order chi connectivity index (χ1) is 18.8. The maximum absolute atomic E-state index is 15.8. The Morgan fingerprint density at radius 1 is 1.13 bits per heavy atom. The van der Waals surface area contributed by atoms with Crippen LogP contribution in [-0.4, -0.2) is 34.9 Å². The third kappa shape index (κ3) is 5.55. The third-order valence-corrected chi connectivity index (χ3v) is 7.27. The van der Waals surface area contributed by atoms with E-state index in [1.807, 2.05) is 36.4 Å². The van der Waals surface area contributed by atoms with Crippen LogP contribution >= 0.6 is 22.9 Å². The molecule has 0 spiro atoms. The highest BCUT2D eigenvalue weighted by Crippen LogP contribution is 2.37. The number of benzene rings is 2. The van der Waals surface area contributed by atoms with Gasteiger partial charge in [-0.2, -0.15) is 0 Å². The van der Waals surface area contributed by atoms with Crippen molar-refractivity contribution >= 4 is 39.7 Å². The topological polar surface area (TPSA) is 96.6 Å². The summed E-state index contributed by atoms with van der Waals surface area (Å²) >= 11 is 7.55. The number of ether oxygens (including phenoxy) is 3. The summed E-state index contributed by atoms with van der Waals surface area (Å²) in [5, 5.41) is 3.67. The summed E-state index contributed by atoms with van der Waals surface area (Å²) in [5.41, 5.74) is 6.85. The Labute approximate surface area is 231 Å². The van der Waals surface area contributed by atoms with Gasteiger partial charge in [0.2, 0.25) is 5.79 Å². The van der Waals surface area contributed by atoms with Crippen LogP contribution in [0.4, 0.5) is 8.78 Å². The Morgan fingerprint density at radius 3 is 2.67 bits per heavy atom. The van der Waals surface area contributed by atoms with Gasteiger partial charge in [-0.3, -0.25) is 9.78 Å². The number of hydrogen-bond donors (Lipinski definition) is 1. The molecule has 2 aromatic carbocycles. The van der Waals surface area contributed by atoms with Crippen molar-refractivity contribution in [1.82, 2.24) is 9.97 Å². The molecule has 0 radical (unpaired) electrons. The van der Waals surface area contributed by atoms with Crippen molar-refractivity contribution in [2.75, 3.05) is 7.11 Å². The van der Waals surface area contributed by atoms with Crippen molar-refractivity contribution in [3.8, 4) is 17.0 Å². The van der Waals surface area contributed by atoms with Gasteiger partial charge >= 0.3 is 0 Å². The molecule has 0 saturated carbocycles.